The molecule has 6 heteroatoms. The van der Waals surface area contributed by atoms with E-state index in [1.54, 1.807) is 17.9 Å². The average molecular weight is 303 g/mol. The first-order valence-corrected chi connectivity index (χ1v) is 7.71. The molecule has 0 aromatic carbocycles. The number of pyridine rings is 1. The van der Waals surface area contributed by atoms with E-state index in [0.717, 1.165) is 25.0 Å². The molecule has 2 atom stereocenters. The van der Waals surface area contributed by atoms with Crippen LogP contribution in [0.2, 0.25) is 0 Å². The molecule has 1 aliphatic rings. The molecule has 0 spiro atoms. The Labute approximate surface area is 129 Å². The van der Waals surface area contributed by atoms with E-state index in [1.807, 2.05) is 13.8 Å². The Morgan fingerprint density at radius 1 is 1.45 bits per heavy atom. The van der Waals surface area contributed by atoms with Gasteiger partial charge < -0.3 is 14.5 Å². The van der Waals surface area contributed by atoms with Crippen LogP contribution in [-0.2, 0) is 0 Å². The first-order valence-electron chi connectivity index (χ1n) is 7.71. The van der Waals surface area contributed by atoms with Gasteiger partial charge in [0.25, 0.3) is 11.6 Å². The van der Waals surface area contributed by atoms with Crippen LogP contribution < -0.4 is 0 Å². The van der Waals surface area contributed by atoms with Gasteiger partial charge in [-0.2, -0.15) is 0 Å². The van der Waals surface area contributed by atoms with E-state index >= 15 is 0 Å². The number of piperidine rings is 1. The van der Waals surface area contributed by atoms with Crippen molar-refractivity contribution in [1.29, 1.82) is 0 Å². The molecule has 2 aromatic rings. The second-order valence-electron chi connectivity index (χ2n) is 6.06. The summed E-state index contributed by atoms with van der Waals surface area (Å²) < 4.78 is 5.20. The van der Waals surface area contributed by atoms with Crippen molar-refractivity contribution in [2.75, 3.05) is 6.54 Å². The summed E-state index contributed by atoms with van der Waals surface area (Å²) in [6.07, 6.45) is 2.30. The monoisotopic (exact) mass is 303 g/mol. The molecule has 3 rings (SSSR count). The smallest absolute Gasteiger partial charge is 0.258 e. The van der Waals surface area contributed by atoms with Crippen LogP contribution in [0.25, 0.3) is 11.1 Å². The fourth-order valence-electron chi connectivity index (χ4n) is 3.25. The zero-order valence-electron chi connectivity index (χ0n) is 13.2. The Balaban J connectivity index is 2.06. The maximum Gasteiger partial charge on any atom is 0.258 e. The molecule has 1 fully saturated rings. The van der Waals surface area contributed by atoms with Gasteiger partial charge in [-0.05, 0) is 46.1 Å². The van der Waals surface area contributed by atoms with Gasteiger partial charge in [0.2, 0.25) is 0 Å². The number of aromatic nitrogens is 2. The minimum atomic E-state index is -0.536. The third-order valence-corrected chi connectivity index (χ3v) is 4.34. The summed E-state index contributed by atoms with van der Waals surface area (Å²) in [5.74, 6) is -0.0765. The molecule has 22 heavy (non-hydrogen) atoms. The number of aliphatic hydroxyl groups excluding tert-OH is 1. The highest BCUT2D eigenvalue weighted by molar-refractivity contribution is 6.06. The fraction of sp³-hybridized carbons (Fsp3) is 0.562. The van der Waals surface area contributed by atoms with Crippen molar-refractivity contribution >= 4 is 17.0 Å². The van der Waals surface area contributed by atoms with E-state index in [4.69, 9.17) is 4.52 Å². The number of likely N-dealkylation sites (tertiary alicyclic amines) is 1. The Kier molecular flexibility index (Phi) is 3.87. The van der Waals surface area contributed by atoms with Gasteiger partial charge in [-0.1, -0.05) is 5.16 Å². The van der Waals surface area contributed by atoms with Crippen LogP contribution in [-0.4, -0.2) is 44.7 Å². The molecule has 2 unspecified atom stereocenters. The Morgan fingerprint density at radius 2 is 2.23 bits per heavy atom. The standard InChI is InChI=1S/C16H21N3O3/c1-9-8-12(14-10(2)18-22-15(14)17-9)16(21)19-7-5-4-6-13(19)11(3)20/h8,11,13,20H,4-7H2,1-3H3. The third-order valence-electron chi connectivity index (χ3n) is 4.34. The van der Waals surface area contributed by atoms with E-state index in [9.17, 15) is 9.90 Å². The highest BCUT2D eigenvalue weighted by Crippen LogP contribution is 2.27. The van der Waals surface area contributed by atoms with Crippen LogP contribution in [0.3, 0.4) is 0 Å². The van der Waals surface area contributed by atoms with E-state index in [2.05, 4.69) is 10.1 Å². The van der Waals surface area contributed by atoms with Gasteiger partial charge in [0.15, 0.2) is 0 Å². The number of aryl methyl sites for hydroxylation is 2. The minimum absolute atomic E-state index is 0.0765. The summed E-state index contributed by atoms with van der Waals surface area (Å²) in [7, 11) is 0. The second-order valence-corrected chi connectivity index (χ2v) is 6.06. The molecule has 1 saturated heterocycles. The predicted octanol–water partition coefficient (Wildman–Crippen LogP) is 2.22. The lowest BCUT2D eigenvalue weighted by Crippen LogP contribution is -2.49. The number of amides is 1. The Morgan fingerprint density at radius 3 is 2.95 bits per heavy atom. The predicted molar refractivity (Wildman–Crippen MR) is 81.6 cm³/mol. The zero-order valence-corrected chi connectivity index (χ0v) is 13.2. The summed E-state index contributed by atoms with van der Waals surface area (Å²) in [5.41, 5.74) is 2.34. The van der Waals surface area contributed by atoms with Gasteiger partial charge in [-0.25, -0.2) is 4.98 Å². The molecule has 0 aliphatic carbocycles. The number of fused-ring (bicyclic) bond motifs is 1. The topological polar surface area (TPSA) is 79.5 Å². The first kappa shape index (κ1) is 15.0. The number of aliphatic hydroxyl groups is 1. The number of nitrogens with zero attached hydrogens (tertiary/aromatic N) is 3. The largest absolute Gasteiger partial charge is 0.391 e. The van der Waals surface area contributed by atoms with Crippen molar-refractivity contribution in [3.63, 3.8) is 0 Å². The van der Waals surface area contributed by atoms with Gasteiger partial charge in [-0.3, -0.25) is 4.79 Å². The first-order chi connectivity index (χ1) is 10.5. The molecule has 6 nitrogen and oxygen atoms in total. The maximum absolute atomic E-state index is 13.0. The molecule has 1 aliphatic heterocycles. The van der Waals surface area contributed by atoms with Crippen LogP contribution in [0.5, 0.6) is 0 Å². The third kappa shape index (κ3) is 2.47. The number of rotatable bonds is 2. The van der Waals surface area contributed by atoms with Crippen molar-refractivity contribution in [3.8, 4) is 0 Å². The summed E-state index contributed by atoms with van der Waals surface area (Å²) >= 11 is 0. The van der Waals surface area contributed by atoms with Gasteiger partial charge in [0, 0.05) is 12.2 Å². The van der Waals surface area contributed by atoms with Crippen LogP contribution >= 0.6 is 0 Å². The van der Waals surface area contributed by atoms with Gasteiger partial charge in [-0.15, -0.1) is 0 Å². The van der Waals surface area contributed by atoms with Gasteiger partial charge in [0.05, 0.1) is 28.8 Å². The van der Waals surface area contributed by atoms with Crippen molar-refractivity contribution in [2.45, 2.75) is 52.2 Å². The van der Waals surface area contributed by atoms with E-state index < -0.39 is 6.10 Å². The SMILES string of the molecule is Cc1cc(C(=O)N2CCCCC2C(C)O)c2c(C)noc2n1. The molecule has 2 aromatic heterocycles. The number of carbonyl (C=O) groups excluding carboxylic acids is 1. The van der Waals surface area contributed by atoms with Crippen molar-refractivity contribution in [1.82, 2.24) is 15.0 Å². The van der Waals surface area contributed by atoms with Crippen molar-refractivity contribution in [2.24, 2.45) is 0 Å². The zero-order chi connectivity index (χ0) is 15.9. The van der Waals surface area contributed by atoms with Crippen LogP contribution in [0, 0.1) is 13.8 Å². The number of hydrogen-bond donors (Lipinski definition) is 1. The normalized spacial score (nSPS) is 20.4. The van der Waals surface area contributed by atoms with Gasteiger partial charge in [0.1, 0.15) is 0 Å². The highest BCUT2D eigenvalue weighted by Gasteiger charge is 2.32. The van der Waals surface area contributed by atoms with Crippen LogP contribution in [0.15, 0.2) is 10.6 Å². The lowest BCUT2D eigenvalue weighted by atomic mass is 9.96. The quantitative estimate of drug-likeness (QED) is 0.920. The summed E-state index contributed by atoms with van der Waals surface area (Å²) in [4.78, 5) is 19.1. The maximum atomic E-state index is 13.0. The van der Waals surface area contributed by atoms with Crippen molar-refractivity contribution < 1.29 is 14.4 Å². The van der Waals surface area contributed by atoms with E-state index in [1.165, 1.54) is 0 Å². The molecular formula is C16H21N3O3. The summed E-state index contributed by atoms with van der Waals surface area (Å²) in [6.45, 7) is 6.05. The molecular weight excluding hydrogens is 282 g/mol. The molecule has 0 saturated carbocycles. The second kappa shape index (κ2) is 5.68. The lowest BCUT2D eigenvalue weighted by Gasteiger charge is -2.37. The Hall–Kier alpha value is -1.95. The lowest BCUT2D eigenvalue weighted by molar-refractivity contribution is 0.0282. The van der Waals surface area contributed by atoms with Crippen LogP contribution in [0.1, 0.15) is 47.9 Å². The molecule has 3 heterocycles. The Bertz CT molecular complexity index is 708. The molecule has 0 bridgehead atoms. The average Bonchev–Trinajstić information content (AvgIpc) is 2.86. The summed E-state index contributed by atoms with van der Waals surface area (Å²) in [6, 6.07) is 1.65. The minimum Gasteiger partial charge on any atom is -0.391 e. The van der Waals surface area contributed by atoms with Gasteiger partial charge >= 0.3 is 0 Å². The molecule has 0 radical (unpaired) electrons. The van der Waals surface area contributed by atoms with Crippen molar-refractivity contribution in [3.05, 3.63) is 23.0 Å². The molecule has 1 amide bonds. The fourth-order valence-corrected chi connectivity index (χ4v) is 3.25. The molecule has 1 N–H and O–H groups in total. The number of hydrogen-bond acceptors (Lipinski definition) is 5. The van der Waals surface area contributed by atoms with Crippen LogP contribution in [0.4, 0.5) is 0 Å². The van der Waals surface area contributed by atoms with E-state index in [-0.39, 0.29) is 11.9 Å². The highest BCUT2D eigenvalue weighted by atomic mass is 16.5. The summed E-state index contributed by atoms with van der Waals surface area (Å²) in [5, 5.41) is 14.6. The molecule has 118 valence electrons. The number of carbonyl (C=O) groups is 1. The van der Waals surface area contributed by atoms with E-state index in [0.29, 0.717) is 28.9 Å².